The minimum atomic E-state index is 0.00819. The zero-order valence-electron chi connectivity index (χ0n) is 13.5. The lowest BCUT2D eigenvalue weighted by Crippen LogP contribution is -2.27. The van der Waals surface area contributed by atoms with E-state index in [1.54, 1.807) is 17.3 Å². The van der Waals surface area contributed by atoms with Crippen molar-refractivity contribution in [2.75, 3.05) is 18.9 Å². The molecule has 2 rings (SSSR count). The summed E-state index contributed by atoms with van der Waals surface area (Å²) >= 11 is 0. The van der Waals surface area contributed by atoms with Gasteiger partial charge in [-0.15, -0.1) is 0 Å². The van der Waals surface area contributed by atoms with Gasteiger partial charge >= 0.3 is 0 Å². The second-order valence-electron chi connectivity index (χ2n) is 5.54. The minimum Gasteiger partial charge on any atom is -0.354 e. The van der Waals surface area contributed by atoms with Gasteiger partial charge in [-0.25, -0.2) is 0 Å². The quantitative estimate of drug-likeness (QED) is 0.876. The number of carbonyl (C=O) groups excluding carboxylic acids is 1. The zero-order valence-corrected chi connectivity index (χ0v) is 13.5. The predicted octanol–water partition coefficient (Wildman–Crippen LogP) is 4.01. The molecular weight excluding hydrogens is 274 g/mol. The van der Waals surface area contributed by atoms with Crippen molar-refractivity contribution in [1.29, 1.82) is 0 Å². The van der Waals surface area contributed by atoms with Crippen LogP contribution in [-0.2, 0) is 0 Å². The average molecular weight is 297 g/mol. The van der Waals surface area contributed by atoms with E-state index in [4.69, 9.17) is 0 Å². The Labute approximate surface area is 132 Å². The number of aromatic nitrogens is 1. The molecule has 2 aromatic rings. The first kappa shape index (κ1) is 16.0. The van der Waals surface area contributed by atoms with Crippen LogP contribution in [0.15, 0.2) is 42.7 Å². The number of carbonyl (C=O) groups is 1. The molecule has 0 radical (unpaired) electrons. The molecule has 0 bridgehead atoms. The second-order valence-corrected chi connectivity index (χ2v) is 5.54. The van der Waals surface area contributed by atoms with Crippen LogP contribution >= 0.6 is 0 Å². The first-order valence-corrected chi connectivity index (χ1v) is 7.64. The van der Waals surface area contributed by atoms with E-state index in [9.17, 15) is 4.79 Å². The van der Waals surface area contributed by atoms with Crippen LogP contribution in [0.4, 0.5) is 11.4 Å². The fourth-order valence-corrected chi connectivity index (χ4v) is 2.23. The molecule has 116 valence electrons. The molecule has 0 aliphatic carbocycles. The van der Waals surface area contributed by atoms with Crippen LogP contribution in [0.1, 0.15) is 35.7 Å². The molecule has 0 saturated heterocycles. The van der Waals surface area contributed by atoms with E-state index in [1.165, 1.54) is 5.56 Å². The summed E-state index contributed by atoms with van der Waals surface area (Å²) < 4.78 is 0. The monoisotopic (exact) mass is 297 g/mol. The van der Waals surface area contributed by atoms with E-state index in [-0.39, 0.29) is 5.91 Å². The molecule has 1 aromatic carbocycles. The topological polar surface area (TPSA) is 45.2 Å². The standard InChI is InChI=1S/C18H23N3O/c1-4-5-9-21(3)18(22)15-11-17(13-19-12-15)20-16-8-6-7-14(2)10-16/h6-8,10-13,20H,4-5,9H2,1-3H3. The molecule has 4 heteroatoms. The molecule has 0 aliphatic heterocycles. The van der Waals surface area contributed by atoms with E-state index in [1.807, 2.05) is 38.2 Å². The summed E-state index contributed by atoms with van der Waals surface area (Å²) in [6.45, 7) is 4.93. The first-order chi connectivity index (χ1) is 10.6. The van der Waals surface area contributed by atoms with Crippen molar-refractivity contribution < 1.29 is 4.79 Å². The van der Waals surface area contributed by atoms with Gasteiger partial charge in [-0.05, 0) is 37.1 Å². The number of benzene rings is 1. The molecule has 1 heterocycles. The number of hydrogen-bond donors (Lipinski definition) is 1. The van der Waals surface area contributed by atoms with Crippen LogP contribution in [0.2, 0.25) is 0 Å². The number of rotatable bonds is 6. The Bertz CT molecular complexity index is 640. The van der Waals surface area contributed by atoms with E-state index in [0.717, 1.165) is 30.8 Å². The third-order valence-electron chi connectivity index (χ3n) is 3.49. The van der Waals surface area contributed by atoms with Gasteiger partial charge < -0.3 is 10.2 Å². The van der Waals surface area contributed by atoms with E-state index in [2.05, 4.69) is 23.3 Å². The number of pyridine rings is 1. The van der Waals surface area contributed by atoms with Gasteiger partial charge in [0, 0.05) is 25.5 Å². The molecule has 1 N–H and O–H groups in total. The summed E-state index contributed by atoms with van der Waals surface area (Å²) in [6, 6.07) is 9.95. The third kappa shape index (κ3) is 4.32. The summed E-state index contributed by atoms with van der Waals surface area (Å²) in [7, 11) is 1.83. The predicted molar refractivity (Wildman–Crippen MR) is 90.6 cm³/mol. The molecule has 0 spiro atoms. The molecular formula is C18H23N3O. The number of unbranched alkanes of at least 4 members (excludes halogenated alkanes) is 1. The van der Waals surface area contributed by atoms with Gasteiger partial charge in [0.2, 0.25) is 0 Å². The van der Waals surface area contributed by atoms with Gasteiger partial charge in [-0.3, -0.25) is 9.78 Å². The largest absolute Gasteiger partial charge is 0.354 e. The Morgan fingerprint density at radius 1 is 1.23 bits per heavy atom. The highest BCUT2D eigenvalue weighted by molar-refractivity contribution is 5.94. The van der Waals surface area contributed by atoms with E-state index < -0.39 is 0 Å². The van der Waals surface area contributed by atoms with Gasteiger partial charge in [-0.2, -0.15) is 0 Å². The number of aryl methyl sites for hydroxylation is 1. The zero-order chi connectivity index (χ0) is 15.9. The molecule has 0 fully saturated rings. The lowest BCUT2D eigenvalue weighted by atomic mass is 10.2. The van der Waals surface area contributed by atoms with Gasteiger partial charge in [0.15, 0.2) is 0 Å². The molecule has 1 aromatic heterocycles. The van der Waals surface area contributed by atoms with Crippen LogP contribution < -0.4 is 5.32 Å². The van der Waals surface area contributed by atoms with Crippen LogP contribution in [0, 0.1) is 6.92 Å². The van der Waals surface area contributed by atoms with Crippen molar-refractivity contribution in [3.05, 3.63) is 53.9 Å². The summed E-state index contributed by atoms with van der Waals surface area (Å²) in [5.41, 5.74) is 3.60. The number of hydrogen-bond acceptors (Lipinski definition) is 3. The first-order valence-electron chi connectivity index (χ1n) is 7.64. The molecule has 4 nitrogen and oxygen atoms in total. The Hall–Kier alpha value is -2.36. The second kappa shape index (κ2) is 7.59. The summed E-state index contributed by atoms with van der Waals surface area (Å²) in [5, 5.41) is 3.29. The number of nitrogens with one attached hydrogen (secondary N) is 1. The Kier molecular flexibility index (Phi) is 5.53. The van der Waals surface area contributed by atoms with Crippen molar-refractivity contribution in [1.82, 2.24) is 9.88 Å². The molecule has 0 saturated carbocycles. The van der Waals surface area contributed by atoms with Gasteiger partial charge in [0.25, 0.3) is 5.91 Å². The lowest BCUT2D eigenvalue weighted by molar-refractivity contribution is 0.0793. The van der Waals surface area contributed by atoms with Crippen molar-refractivity contribution in [2.24, 2.45) is 0 Å². The minimum absolute atomic E-state index is 0.00819. The van der Waals surface area contributed by atoms with Gasteiger partial charge in [0.1, 0.15) is 0 Å². The van der Waals surface area contributed by atoms with Crippen molar-refractivity contribution >= 4 is 17.3 Å². The van der Waals surface area contributed by atoms with E-state index in [0.29, 0.717) is 5.56 Å². The highest BCUT2D eigenvalue weighted by Gasteiger charge is 2.12. The summed E-state index contributed by atoms with van der Waals surface area (Å²) in [5.74, 6) is 0.00819. The summed E-state index contributed by atoms with van der Waals surface area (Å²) in [6.07, 6.45) is 5.43. The summed E-state index contributed by atoms with van der Waals surface area (Å²) in [4.78, 5) is 18.3. The van der Waals surface area contributed by atoms with E-state index >= 15 is 0 Å². The maximum Gasteiger partial charge on any atom is 0.255 e. The Morgan fingerprint density at radius 2 is 2.05 bits per heavy atom. The van der Waals surface area contributed by atoms with Crippen molar-refractivity contribution in [2.45, 2.75) is 26.7 Å². The maximum atomic E-state index is 12.4. The molecule has 22 heavy (non-hydrogen) atoms. The highest BCUT2D eigenvalue weighted by atomic mass is 16.2. The fourth-order valence-electron chi connectivity index (χ4n) is 2.23. The SMILES string of the molecule is CCCCN(C)C(=O)c1cncc(Nc2cccc(C)c2)c1. The average Bonchev–Trinajstić information content (AvgIpc) is 2.52. The van der Waals surface area contributed by atoms with Crippen LogP contribution in [-0.4, -0.2) is 29.4 Å². The molecule has 0 atom stereocenters. The lowest BCUT2D eigenvalue weighted by Gasteiger charge is -2.17. The fraction of sp³-hybridized carbons (Fsp3) is 0.333. The third-order valence-corrected chi connectivity index (χ3v) is 3.49. The van der Waals surface area contributed by atoms with Gasteiger partial charge in [0.05, 0.1) is 17.4 Å². The molecule has 1 amide bonds. The van der Waals surface area contributed by atoms with Crippen molar-refractivity contribution in [3.8, 4) is 0 Å². The number of nitrogens with zero attached hydrogens (tertiary/aromatic N) is 2. The van der Waals surface area contributed by atoms with Crippen LogP contribution in [0.3, 0.4) is 0 Å². The maximum absolute atomic E-state index is 12.4. The number of anilines is 2. The molecule has 0 aliphatic rings. The smallest absolute Gasteiger partial charge is 0.255 e. The Morgan fingerprint density at radius 3 is 2.77 bits per heavy atom. The normalized spacial score (nSPS) is 10.3. The molecule has 0 unspecified atom stereocenters. The Balaban J connectivity index is 2.11. The highest BCUT2D eigenvalue weighted by Crippen LogP contribution is 2.18. The van der Waals surface area contributed by atoms with Crippen LogP contribution in [0.25, 0.3) is 0 Å². The van der Waals surface area contributed by atoms with Crippen LogP contribution in [0.5, 0.6) is 0 Å². The van der Waals surface area contributed by atoms with Crippen molar-refractivity contribution in [3.63, 3.8) is 0 Å². The van der Waals surface area contributed by atoms with Gasteiger partial charge in [-0.1, -0.05) is 25.5 Å². The number of amides is 1.